The number of aryl methyl sites for hydroxylation is 1. The molecule has 0 aromatic carbocycles. The summed E-state index contributed by atoms with van der Waals surface area (Å²) in [6.45, 7) is 15.4. The fourth-order valence-corrected chi connectivity index (χ4v) is 2.57. The van der Waals surface area contributed by atoms with Crippen molar-refractivity contribution in [1.82, 2.24) is 20.0 Å². The number of nitrogens with one attached hydrogen (secondary N) is 1. The Bertz CT molecular complexity index is 422. The van der Waals surface area contributed by atoms with E-state index in [-0.39, 0.29) is 0 Å². The summed E-state index contributed by atoms with van der Waals surface area (Å²) in [6, 6.07) is 0.505. The molecule has 0 spiro atoms. The smallest absolute Gasteiger partial charge is 0.0641 e. The lowest BCUT2D eigenvalue weighted by atomic mass is 10.2. The first-order valence-electron chi connectivity index (χ1n) is 7.64. The van der Waals surface area contributed by atoms with Crippen LogP contribution in [0.25, 0.3) is 0 Å². The van der Waals surface area contributed by atoms with Crippen molar-refractivity contribution in [1.29, 1.82) is 0 Å². The Balaban J connectivity index is 1.92. The third kappa shape index (κ3) is 4.04. The first-order chi connectivity index (χ1) is 9.58. The van der Waals surface area contributed by atoms with Crippen LogP contribution >= 0.6 is 0 Å². The van der Waals surface area contributed by atoms with Crippen molar-refractivity contribution in [3.8, 4) is 0 Å². The molecule has 0 bridgehead atoms. The minimum absolute atomic E-state index is 0.505. The van der Waals surface area contributed by atoms with Crippen LogP contribution in [0.2, 0.25) is 0 Å². The first kappa shape index (κ1) is 15.5. The van der Waals surface area contributed by atoms with Gasteiger partial charge in [0.25, 0.3) is 0 Å². The second-order valence-corrected chi connectivity index (χ2v) is 5.86. The zero-order valence-electron chi connectivity index (χ0n) is 13.3. The van der Waals surface area contributed by atoms with Crippen LogP contribution in [0.1, 0.15) is 30.8 Å². The minimum atomic E-state index is 0.505. The van der Waals surface area contributed by atoms with Crippen LogP contribution in [0.3, 0.4) is 0 Å². The third-order valence-corrected chi connectivity index (χ3v) is 3.95. The highest BCUT2D eigenvalue weighted by Gasteiger charge is 2.14. The number of nitrogens with zero attached hydrogens (tertiary/aromatic N) is 3. The van der Waals surface area contributed by atoms with Crippen LogP contribution in [0, 0.1) is 13.8 Å². The maximum atomic E-state index is 5.38. The molecule has 1 aliphatic rings. The molecule has 1 N–H and O–H groups in total. The van der Waals surface area contributed by atoms with E-state index in [1.54, 1.807) is 0 Å². The summed E-state index contributed by atoms with van der Waals surface area (Å²) in [5, 5.41) is 8.17. The first-order valence-corrected chi connectivity index (χ1v) is 7.64. The summed E-state index contributed by atoms with van der Waals surface area (Å²) in [7, 11) is 0. The zero-order valence-corrected chi connectivity index (χ0v) is 13.3. The normalized spacial score (nSPS) is 17.1. The van der Waals surface area contributed by atoms with Crippen LogP contribution in [0.5, 0.6) is 0 Å². The molecule has 0 aliphatic carbocycles. The van der Waals surface area contributed by atoms with Gasteiger partial charge < -0.3 is 10.1 Å². The van der Waals surface area contributed by atoms with Crippen molar-refractivity contribution in [2.24, 2.45) is 0 Å². The van der Waals surface area contributed by atoms with E-state index in [9.17, 15) is 0 Å². The Kier molecular flexibility index (Phi) is 5.57. The van der Waals surface area contributed by atoms with Gasteiger partial charge in [0.2, 0.25) is 0 Å². The average Bonchev–Trinajstić information content (AvgIpc) is 2.70. The van der Waals surface area contributed by atoms with Gasteiger partial charge in [-0.2, -0.15) is 5.10 Å². The number of morpholine rings is 1. The van der Waals surface area contributed by atoms with Gasteiger partial charge in [-0.15, -0.1) is 0 Å². The Labute approximate surface area is 122 Å². The lowest BCUT2D eigenvalue weighted by Gasteiger charge is -2.26. The molecule has 2 heterocycles. The third-order valence-electron chi connectivity index (χ3n) is 3.95. The molecule has 20 heavy (non-hydrogen) atoms. The average molecular weight is 280 g/mol. The lowest BCUT2D eigenvalue weighted by Crippen LogP contribution is -2.38. The van der Waals surface area contributed by atoms with Crippen molar-refractivity contribution >= 4 is 0 Å². The molecule has 5 nitrogen and oxygen atoms in total. The fraction of sp³-hybridized carbons (Fsp3) is 0.800. The highest BCUT2D eigenvalue weighted by molar-refractivity contribution is 5.24. The monoisotopic (exact) mass is 280 g/mol. The Hall–Kier alpha value is -0.910. The maximum Gasteiger partial charge on any atom is 0.0641 e. The minimum Gasteiger partial charge on any atom is -0.379 e. The van der Waals surface area contributed by atoms with Gasteiger partial charge in [0.1, 0.15) is 0 Å². The molecule has 0 atom stereocenters. The van der Waals surface area contributed by atoms with E-state index < -0.39 is 0 Å². The highest BCUT2D eigenvalue weighted by Crippen LogP contribution is 2.13. The maximum absolute atomic E-state index is 5.38. The second-order valence-electron chi connectivity index (χ2n) is 5.86. The predicted octanol–water partition coefficient (Wildman–Crippen LogP) is 1.33. The summed E-state index contributed by atoms with van der Waals surface area (Å²) in [6.07, 6.45) is 0. The van der Waals surface area contributed by atoms with E-state index in [4.69, 9.17) is 9.84 Å². The SMILES string of the molecule is Cc1nn(CCN2CCOCC2)c(C)c1CNC(C)C. The van der Waals surface area contributed by atoms with Crippen molar-refractivity contribution in [2.75, 3.05) is 32.8 Å². The fourth-order valence-electron chi connectivity index (χ4n) is 2.57. The topological polar surface area (TPSA) is 42.3 Å². The number of hydrogen-bond acceptors (Lipinski definition) is 4. The van der Waals surface area contributed by atoms with E-state index in [0.29, 0.717) is 6.04 Å². The summed E-state index contributed by atoms with van der Waals surface area (Å²) in [5.74, 6) is 0. The van der Waals surface area contributed by atoms with Gasteiger partial charge in [-0.3, -0.25) is 9.58 Å². The molecule has 0 radical (unpaired) electrons. The summed E-state index contributed by atoms with van der Waals surface area (Å²) in [4.78, 5) is 2.45. The van der Waals surface area contributed by atoms with Gasteiger partial charge in [0.15, 0.2) is 0 Å². The quantitative estimate of drug-likeness (QED) is 0.854. The van der Waals surface area contributed by atoms with Crippen molar-refractivity contribution in [3.63, 3.8) is 0 Å². The van der Waals surface area contributed by atoms with Crippen molar-refractivity contribution < 1.29 is 4.74 Å². The molecule has 1 aromatic rings. The predicted molar refractivity (Wildman–Crippen MR) is 80.9 cm³/mol. The number of rotatable bonds is 6. The van der Waals surface area contributed by atoms with Crippen LogP contribution in [0.4, 0.5) is 0 Å². The number of hydrogen-bond donors (Lipinski definition) is 1. The summed E-state index contributed by atoms with van der Waals surface area (Å²) >= 11 is 0. The van der Waals surface area contributed by atoms with E-state index in [1.807, 2.05) is 0 Å². The Morgan fingerprint density at radius 3 is 2.55 bits per heavy atom. The molecule has 0 unspecified atom stereocenters. The van der Waals surface area contributed by atoms with Crippen molar-refractivity contribution in [2.45, 2.75) is 46.8 Å². The van der Waals surface area contributed by atoms with Gasteiger partial charge in [0, 0.05) is 43.5 Å². The van der Waals surface area contributed by atoms with Crippen LogP contribution in [-0.4, -0.2) is 53.6 Å². The molecule has 0 saturated carbocycles. The molecule has 2 rings (SSSR count). The highest BCUT2D eigenvalue weighted by atomic mass is 16.5. The van der Waals surface area contributed by atoms with Gasteiger partial charge in [-0.05, 0) is 13.8 Å². The molecule has 1 fully saturated rings. The molecule has 5 heteroatoms. The van der Waals surface area contributed by atoms with Crippen molar-refractivity contribution in [3.05, 3.63) is 17.0 Å². The van der Waals surface area contributed by atoms with E-state index in [0.717, 1.165) is 51.6 Å². The second kappa shape index (κ2) is 7.20. The summed E-state index contributed by atoms with van der Waals surface area (Å²) in [5.41, 5.74) is 3.79. The molecule has 114 valence electrons. The zero-order chi connectivity index (χ0) is 14.5. The Morgan fingerprint density at radius 2 is 1.90 bits per heavy atom. The van der Waals surface area contributed by atoms with Crippen LogP contribution in [-0.2, 0) is 17.8 Å². The molecular weight excluding hydrogens is 252 g/mol. The molecule has 1 aliphatic heterocycles. The standard InChI is InChI=1S/C15H28N4O/c1-12(2)16-11-15-13(3)17-19(14(15)4)6-5-18-7-9-20-10-8-18/h12,16H,5-11H2,1-4H3. The van der Waals surface area contributed by atoms with Gasteiger partial charge in [0.05, 0.1) is 25.5 Å². The van der Waals surface area contributed by atoms with E-state index in [1.165, 1.54) is 11.3 Å². The molecule has 0 amide bonds. The van der Waals surface area contributed by atoms with Gasteiger partial charge in [-0.25, -0.2) is 0 Å². The van der Waals surface area contributed by atoms with Gasteiger partial charge >= 0.3 is 0 Å². The number of ether oxygens (including phenoxy) is 1. The van der Waals surface area contributed by atoms with Crippen LogP contribution < -0.4 is 5.32 Å². The van der Waals surface area contributed by atoms with E-state index in [2.05, 4.69) is 42.6 Å². The molecule has 1 aromatic heterocycles. The van der Waals surface area contributed by atoms with Gasteiger partial charge in [-0.1, -0.05) is 13.8 Å². The number of aromatic nitrogens is 2. The van der Waals surface area contributed by atoms with E-state index >= 15 is 0 Å². The van der Waals surface area contributed by atoms with Crippen LogP contribution in [0.15, 0.2) is 0 Å². The Morgan fingerprint density at radius 1 is 1.20 bits per heavy atom. The largest absolute Gasteiger partial charge is 0.379 e. The molecule has 1 saturated heterocycles. The molecular formula is C15H28N4O. The summed E-state index contributed by atoms with van der Waals surface area (Å²) < 4.78 is 7.54. The lowest BCUT2D eigenvalue weighted by molar-refractivity contribution is 0.0359.